The Hall–Kier alpha value is -1.88. The van der Waals surface area contributed by atoms with Gasteiger partial charge in [-0.3, -0.25) is 4.79 Å². The van der Waals surface area contributed by atoms with Crippen molar-refractivity contribution < 1.29 is 9.18 Å². The minimum absolute atomic E-state index is 0.150. The molecule has 1 aliphatic rings. The average Bonchev–Trinajstić information content (AvgIpc) is 2.80. The first-order chi connectivity index (χ1) is 9.24. The van der Waals surface area contributed by atoms with E-state index in [1.165, 1.54) is 12.1 Å². The quantitative estimate of drug-likeness (QED) is 0.874. The van der Waals surface area contributed by atoms with E-state index < -0.39 is 0 Å². The van der Waals surface area contributed by atoms with Crippen molar-refractivity contribution in [3.63, 3.8) is 0 Å². The number of hydrogen-bond acceptors (Lipinski definition) is 2. The van der Waals surface area contributed by atoms with Crippen molar-refractivity contribution in [3.8, 4) is 0 Å². The summed E-state index contributed by atoms with van der Waals surface area (Å²) in [6, 6.07) is 4.75. The summed E-state index contributed by atoms with van der Waals surface area (Å²) in [6.45, 7) is 2.75. The molecule has 19 heavy (non-hydrogen) atoms. The van der Waals surface area contributed by atoms with Crippen molar-refractivity contribution in [2.45, 2.75) is 6.42 Å². The topological polar surface area (TPSA) is 48.1 Å². The molecule has 0 saturated carbocycles. The largest absolute Gasteiger partial charge is 0.361 e. The van der Waals surface area contributed by atoms with E-state index in [1.807, 2.05) is 11.1 Å². The SMILES string of the molecule is O=C1CNCCN1CCc1c[nH]c2cc(F)ccc12. The summed E-state index contributed by atoms with van der Waals surface area (Å²) in [5.74, 6) is -0.0877. The normalized spacial score (nSPS) is 16.3. The molecule has 1 amide bonds. The average molecular weight is 261 g/mol. The molecule has 0 spiro atoms. The van der Waals surface area contributed by atoms with Gasteiger partial charge in [-0.05, 0) is 30.2 Å². The van der Waals surface area contributed by atoms with Crippen LogP contribution in [-0.2, 0) is 11.2 Å². The van der Waals surface area contributed by atoms with E-state index in [1.54, 1.807) is 6.07 Å². The van der Waals surface area contributed by atoms with Gasteiger partial charge in [0.05, 0.1) is 6.54 Å². The van der Waals surface area contributed by atoms with Crippen molar-refractivity contribution in [1.82, 2.24) is 15.2 Å². The van der Waals surface area contributed by atoms with Gasteiger partial charge in [0.25, 0.3) is 0 Å². The Morgan fingerprint density at radius 3 is 3.11 bits per heavy atom. The number of nitrogens with zero attached hydrogens (tertiary/aromatic N) is 1. The van der Waals surface area contributed by atoms with Crippen molar-refractivity contribution in [1.29, 1.82) is 0 Å². The summed E-state index contributed by atoms with van der Waals surface area (Å²) in [7, 11) is 0. The summed E-state index contributed by atoms with van der Waals surface area (Å²) in [5.41, 5.74) is 1.93. The maximum atomic E-state index is 13.1. The number of aromatic amines is 1. The van der Waals surface area contributed by atoms with Gasteiger partial charge in [0.2, 0.25) is 5.91 Å². The fraction of sp³-hybridized carbons (Fsp3) is 0.357. The van der Waals surface area contributed by atoms with Crippen molar-refractivity contribution >= 4 is 16.8 Å². The van der Waals surface area contributed by atoms with E-state index in [0.29, 0.717) is 13.1 Å². The van der Waals surface area contributed by atoms with Gasteiger partial charge in [-0.1, -0.05) is 0 Å². The Labute approximate surface area is 110 Å². The third-order valence-electron chi connectivity index (χ3n) is 3.57. The van der Waals surface area contributed by atoms with Gasteiger partial charge in [-0.15, -0.1) is 0 Å². The number of benzene rings is 1. The van der Waals surface area contributed by atoms with Gasteiger partial charge in [0, 0.05) is 36.7 Å². The Bertz CT molecular complexity index is 608. The molecule has 0 aliphatic carbocycles. The highest BCUT2D eigenvalue weighted by Crippen LogP contribution is 2.19. The van der Waals surface area contributed by atoms with Gasteiger partial charge in [0.15, 0.2) is 0 Å². The lowest BCUT2D eigenvalue weighted by Gasteiger charge is -2.27. The molecule has 2 aromatic rings. The molecule has 100 valence electrons. The molecule has 5 heteroatoms. The second-order valence-electron chi connectivity index (χ2n) is 4.81. The molecule has 0 radical (unpaired) electrons. The number of carbonyl (C=O) groups excluding carboxylic acids is 1. The zero-order valence-electron chi connectivity index (χ0n) is 10.6. The predicted octanol–water partition coefficient (Wildman–Crippen LogP) is 1.28. The molecule has 1 fully saturated rings. The van der Waals surface area contributed by atoms with Crippen LogP contribution in [0, 0.1) is 5.82 Å². The van der Waals surface area contributed by atoms with Gasteiger partial charge in [0.1, 0.15) is 5.82 Å². The van der Waals surface area contributed by atoms with Crippen molar-refractivity contribution in [2.24, 2.45) is 0 Å². The minimum atomic E-state index is -0.238. The number of amides is 1. The van der Waals surface area contributed by atoms with Crippen LogP contribution < -0.4 is 5.32 Å². The number of piperazine rings is 1. The number of halogens is 1. The smallest absolute Gasteiger partial charge is 0.236 e. The lowest BCUT2D eigenvalue weighted by atomic mass is 10.1. The summed E-state index contributed by atoms with van der Waals surface area (Å²) in [6.07, 6.45) is 2.69. The first kappa shape index (κ1) is 12.2. The van der Waals surface area contributed by atoms with Crippen LogP contribution in [0.1, 0.15) is 5.56 Å². The van der Waals surface area contributed by atoms with Crippen LogP contribution >= 0.6 is 0 Å². The fourth-order valence-corrected chi connectivity index (χ4v) is 2.50. The number of H-pyrrole nitrogens is 1. The van der Waals surface area contributed by atoms with E-state index in [-0.39, 0.29) is 11.7 Å². The molecule has 3 rings (SSSR count). The molecule has 4 nitrogen and oxygen atoms in total. The first-order valence-electron chi connectivity index (χ1n) is 6.48. The van der Waals surface area contributed by atoms with Crippen LogP contribution in [0.2, 0.25) is 0 Å². The van der Waals surface area contributed by atoms with Crippen LogP contribution in [0.3, 0.4) is 0 Å². The maximum Gasteiger partial charge on any atom is 0.236 e. The van der Waals surface area contributed by atoms with E-state index in [0.717, 1.165) is 36.0 Å². The zero-order chi connectivity index (χ0) is 13.2. The van der Waals surface area contributed by atoms with Crippen LogP contribution in [0.15, 0.2) is 24.4 Å². The fourth-order valence-electron chi connectivity index (χ4n) is 2.50. The molecule has 1 aromatic heterocycles. The van der Waals surface area contributed by atoms with E-state index in [2.05, 4.69) is 10.3 Å². The van der Waals surface area contributed by atoms with Crippen LogP contribution in [0.25, 0.3) is 10.9 Å². The summed E-state index contributed by atoms with van der Waals surface area (Å²) in [4.78, 5) is 16.6. The molecule has 2 N–H and O–H groups in total. The zero-order valence-corrected chi connectivity index (χ0v) is 10.6. The molecule has 0 unspecified atom stereocenters. The Kier molecular flexibility index (Phi) is 3.21. The van der Waals surface area contributed by atoms with E-state index in [9.17, 15) is 9.18 Å². The summed E-state index contributed by atoms with van der Waals surface area (Å²) >= 11 is 0. The van der Waals surface area contributed by atoms with Crippen molar-refractivity contribution in [2.75, 3.05) is 26.2 Å². The Morgan fingerprint density at radius 2 is 2.26 bits per heavy atom. The molecular formula is C14H16FN3O. The molecule has 1 aromatic carbocycles. The van der Waals surface area contributed by atoms with Crippen molar-refractivity contribution in [3.05, 3.63) is 35.8 Å². The predicted molar refractivity (Wildman–Crippen MR) is 71.4 cm³/mol. The minimum Gasteiger partial charge on any atom is -0.361 e. The van der Waals surface area contributed by atoms with Crippen LogP contribution in [0.5, 0.6) is 0 Å². The highest BCUT2D eigenvalue weighted by atomic mass is 19.1. The van der Waals surface area contributed by atoms with Gasteiger partial charge < -0.3 is 15.2 Å². The molecule has 1 saturated heterocycles. The lowest BCUT2D eigenvalue weighted by molar-refractivity contribution is -0.131. The molecule has 0 bridgehead atoms. The Balaban J connectivity index is 1.73. The number of hydrogen-bond donors (Lipinski definition) is 2. The van der Waals surface area contributed by atoms with Gasteiger partial charge in [-0.2, -0.15) is 0 Å². The third-order valence-corrected chi connectivity index (χ3v) is 3.57. The summed E-state index contributed by atoms with van der Waals surface area (Å²) in [5, 5.41) is 4.09. The van der Waals surface area contributed by atoms with Crippen LogP contribution in [0.4, 0.5) is 4.39 Å². The number of rotatable bonds is 3. The van der Waals surface area contributed by atoms with E-state index in [4.69, 9.17) is 0 Å². The molecular weight excluding hydrogens is 245 g/mol. The lowest BCUT2D eigenvalue weighted by Crippen LogP contribution is -2.48. The third kappa shape index (κ3) is 2.46. The number of fused-ring (bicyclic) bond motifs is 1. The maximum absolute atomic E-state index is 13.1. The van der Waals surface area contributed by atoms with Crippen LogP contribution in [-0.4, -0.2) is 42.0 Å². The monoisotopic (exact) mass is 261 g/mol. The first-order valence-corrected chi connectivity index (χ1v) is 6.48. The van der Waals surface area contributed by atoms with Gasteiger partial charge >= 0.3 is 0 Å². The molecule has 1 aliphatic heterocycles. The van der Waals surface area contributed by atoms with E-state index >= 15 is 0 Å². The highest BCUT2D eigenvalue weighted by molar-refractivity contribution is 5.83. The second-order valence-corrected chi connectivity index (χ2v) is 4.81. The highest BCUT2D eigenvalue weighted by Gasteiger charge is 2.17. The van der Waals surface area contributed by atoms with Gasteiger partial charge in [-0.25, -0.2) is 4.39 Å². The molecule has 2 heterocycles. The second kappa shape index (κ2) is 5.01. The Morgan fingerprint density at radius 1 is 1.37 bits per heavy atom. The number of aromatic nitrogens is 1. The standard InChI is InChI=1S/C14H16FN3O/c15-11-1-2-12-10(8-17-13(12)7-11)3-5-18-6-4-16-9-14(18)19/h1-2,7-8,16-17H,3-6,9H2. The number of carbonyl (C=O) groups is 1. The molecule has 0 atom stereocenters. The summed E-state index contributed by atoms with van der Waals surface area (Å²) < 4.78 is 13.1. The number of nitrogens with one attached hydrogen (secondary N) is 2.